The summed E-state index contributed by atoms with van der Waals surface area (Å²) in [4.78, 5) is 16.8. The van der Waals surface area contributed by atoms with Crippen LogP contribution < -0.4 is 5.43 Å². The number of hydrogen-bond acceptors (Lipinski definition) is 4. The molecule has 1 amide bonds. The van der Waals surface area contributed by atoms with Crippen molar-refractivity contribution in [2.75, 3.05) is 0 Å². The largest absolute Gasteiger partial charge is 0.331 e. The van der Waals surface area contributed by atoms with Crippen molar-refractivity contribution in [2.24, 2.45) is 12.1 Å². The van der Waals surface area contributed by atoms with E-state index in [1.807, 2.05) is 74.0 Å². The van der Waals surface area contributed by atoms with Gasteiger partial charge in [0, 0.05) is 7.05 Å². The molecule has 0 unspecified atom stereocenters. The predicted molar refractivity (Wildman–Crippen MR) is 118 cm³/mol. The fraction of sp³-hybridized carbons (Fsp3) is 0.182. The highest BCUT2D eigenvalue weighted by Gasteiger charge is 2.14. The molecule has 0 aliphatic carbocycles. The molecule has 2 heterocycles. The van der Waals surface area contributed by atoms with Crippen molar-refractivity contribution in [3.05, 3.63) is 76.3 Å². The molecule has 8 heteroatoms. The SMILES string of the molecule is Cc1ccc(-n2nc(C)c(C=NNC(=O)Cc3nc4ccccc4n3C)c2Cl)cc1. The number of hydrazone groups is 1. The Bertz CT molecular complexity index is 1250. The van der Waals surface area contributed by atoms with Crippen LogP contribution in [0.15, 0.2) is 53.6 Å². The molecule has 0 saturated carbocycles. The maximum absolute atomic E-state index is 12.3. The van der Waals surface area contributed by atoms with E-state index in [2.05, 4.69) is 20.6 Å². The highest BCUT2D eigenvalue weighted by Crippen LogP contribution is 2.22. The van der Waals surface area contributed by atoms with Crippen LogP contribution in [-0.2, 0) is 18.3 Å². The third-order valence-electron chi connectivity index (χ3n) is 4.91. The van der Waals surface area contributed by atoms with E-state index in [0.29, 0.717) is 22.2 Å². The first-order valence-corrected chi connectivity index (χ1v) is 9.86. The molecule has 0 saturated heterocycles. The molecule has 0 spiro atoms. The smallest absolute Gasteiger partial charge is 0.247 e. The number of carbonyl (C=O) groups is 1. The van der Waals surface area contributed by atoms with E-state index in [1.165, 1.54) is 6.21 Å². The summed E-state index contributed by atoms with van der Waals surface area (Å²) in [5.41, 5.74) is 7.77. The Hall–Kier alpha value is -3.45. The van der Waals surface area contributed by atoms with E-state index in [1.54, 1.807) is 4.68 Å². The number of carbonyl (C=O) groups excluding carboxylic acids is 1. The molecule has 0 aliphatic rings. The highest BCUT2D eigenvalue weighted by atomic mass is 35.5. The van der Waals surface area contributed by atoms with Crippen LogP contribution in [0.1, 0.15) is 22.6 Å². The van der Waals surface area contributed by atoms with Crippen molar-refractivity contribution in [1.29, 1.82) is 0 Å². The van der Waals surface area contributed by atoms with Crippen molar-refractivity contribution in [1.82, 2.24) is 24.8 Å². The van der Waals surface area contributed by atoms with Gasteiger partial charge in [-0.25, -0.2) is 15.1 Å². The van der Waals surface area contributed by atoms with Gasteiger partial charge in [-0.05, 0) is 38.1 Å². The Morgan fingerprint density at radius 2 is 1.90 bits per heavy atom. The molecule has 7 nitrogen and oxygen atoms in total. The van der Waals surface area contributed by atoms with Crippen LogP contribution in [0.4, 0.5) is 0 Å². The van der Waals surface area contributed by atoms with Crippen molar-refractivity contribution >= 4 is 34.8 Å². The highest BCUT2D eigenvalue weighted by molar-refractivity contribution is 6.32. The van der Waals surface area contributed by atoms with Crippen LogP contribution in [-0.4, -0.2) is 31.5 Å². The van der Waals surface area contributed by atoms with E-state index in [4.69, 9.17) is 11.6 Å². The van der Waals surface area contributed by atoms with Gasteiger partial charge in [-0.15, -0.1) is 0 Å². The lowest BCUT2D eigenvalue weighted by molar-refractivity contribution is -0.120. The van der Waals surface area contributed by atoms with Gasteiger partial charge in [0.05, 0.1) is 40.6 Å². The maximum Gasteiger partial charge on any atom is 0.247 e. The molecule has 2 aromatic carbocycles. The second-order valence-corrected chi connectivity index (χ2v) is 7.44. The molecule has 0 atom stereocenters. The number of aryl methyl sites for hydroxylation is 3. The summed E-state index contributed by atoms with van der Waals surface area (Å²) >= 11 is 6.50. The van der Waals surface area contributed by atoms with Crippen LogP contribution in [0.25, 0.3) is 16.7 Å². The number of imidazole rings is 1. The first kappa shape index (κ1) is 19.8. The summed E-state index contributed by atoms with van der Waals surface area (Å²) in [6, 6.07) is 15.7. The minimum Gasteiger partial charge on any atom is -0.331 e. The van der Waals surface area contributed by atoms with E-state index >= 15 is 0 Å². The van der Waals surface area contributed by atoms with Crippen LogP contribution >= 0.6 is 11.6 Å². The quantitative estimate of drug-likeness (QED) is 0.395. The summed E-state index contributed by atoms with van der Waals surface area (Å²) in [5, 5.41) is 8.98. The number of benzene rings is 2. The average molecular weight is 421 g/mol. The number of halogens is 1. The molecule has 30 heavy (non-hydrogen) atoms. The number of rotatable bonds is 5. The van der Waals surface area contributed by atoms with Crippen molar-refractivity contribution < 1.29 is 4.79 Å². The van der Waals surface area contributed by atoms with Gasteiger partial charge in [0.1, 0.15) is 11.0 Å². The minimum atomic E-state index is -0.260. The number of nitrogens with one attached hydrogen (secondary N) is 1. The topological polar surface area (TPSA) is 77.1 Å². The second-order valence-electron chi connectivity index (χ2n) is 7.08. The van der Waals surface area contributed by atoms with Crippen molar-refractivity contribution in [3.8, 4) is 5.69 Å². The number of nitrogens with zero attached hydrogens (tertiary/aromatic N) is 5. The predicted octanol–water partition coefficient (Wildman–Crippen LogP) is 3.72. The lowest BCUT2D eigenvalue weighted by Gasteiger charge is -2.03. The number of hydrogen-bond donors (Lipinski definition) is 1. The summed E-state index contributed by atoms with van der Waals surface area (Å²) in [7, 11) is 1.89. The third-order valence-corrected chi connectivity index (χ3v) is 5.27. The van der Waals surface area contributed by atoms with E-state index in [9.17, 15) is 4.79 Å². The van der Waals surface area contributed by atoms with Crippen LogP contribution in [0.3, 0.4) is 0 Å². The summed E-state index contributed by atoms with van der Waals surface area (Å²) in [6.45, 7) is 3.87. The van der Waals surface area contributed by atoms with Gasteiger partial charge in [-0.3, -0.25) is 4.79 Å². The first-order valence-electron chi connectivity index (χ1n) is 9.48. The monoisotopic (exact) mass is 420 g/mol. The molecule has 1 N–H and O–H groups in total. The van der Waals surface area contributed by atoms with Crippen molar-refractivity contribution in [2.45, 2.75) is 20.3 Å². The van der Waals surface area contributed by atoms with Crippen LogP contribution in [0, 0.1) is 13.8 Å². The van der Waals surface area contributed by atoms with Crippen LogP contribution in [0.5, 0.6) is 0 Å². The first-order chi connectivity index (χ1) is 14.4. The van der Waals surface area contributed by atoms with Crippen LogP contribution in [0.2, 0.25) is 5.15 Å². The van der Waals surface area contributed by atoms with Gasteiger partial charge in [0.15, 0.2) is 0 Å². The Balaban J connectivity index is 1.47. The Morgan fingerprint density at radius 3 is 2.63 bits per heavy atom. The fourth-order valence-corrected chi connectivity index (χ4v) is 3.54. The Labute approximate surface area is 179 Å². The normalized spacial score (nSPS) is 11.5. The van der Waals surface area contributed by atoms with E-state index in [0.717, 1.165) is 22.3 Å². The molecule has 152 valence electrons. The number of para-hydroxylation sites is 2. The zero-order chi connectivity index (χ0) is 21.3. The maximum atomic E-state index is 12.3. The second kappa shape index (κ2) is 8.12. The molecular weight excluding hydrogens is 400 g/mol. The lowest BCUT2D eigenvalue weighted by atomic mass is 10.2. The number of fused-ring (bicyclic) bond motifs is 1. The molecule has 0 fully saturated rings. The summed E-state index contributed by atoms with van der Waals surface area (Å²) in [5.74, 6) is 0.412. The molecule has 4 rings (SSSR count). The molecule has 0 bridgehead atoms. The number of amides is 1. The van der Waals surface area contributed by atoms with Gasteiger partial charge >= 0.3 is 0 Å². The summed E-state index contributed by atoms with van der Waals surface area (Å²) in [6.07, 6.45) is 1.64. The van der Waals surface area contributed by atoms with E-state index < -0.39 is 0 Å². The molecule has 4 aromatic rings. The zero-order valence-electron chi connectivity index (χ0n) is 16.9. The third kappa shape index (κ3) is 3.84. The number of aromatic nitrogens is 4. The summed E-state index contributed by atoms with van der Waals surface area (Å²) < 4.78 is 3.56. The fourth-order valence-electron chi connectivity index (χ4n) is 3.22. The average Bonchev–Trinajstić information content (AvgIpc) is 3.19. The van der Waals surface area contributed by atoms with Gasteiger partial charge in [-0.1, -0.05) is 41.4 Å². The molecule has 0 radical (unpaired) electrons. The molecule has 2 aromatic heterocycles. The standard InChI is InChI=1S/C22H21ClN6O/c1-14-8-10-16(11-9-14)29-22(23)17(15(2)27-29)13-24-26-21(30)12-20-25-18-6-4-5-7-19(18)28(20)3/h4-11,13H,12H2,1-3H3,(H,26,30). The van der Waals surface area contributed by atoms with Crippen molar-refractivity contribution in [3.63, 3.8) is 0 Å². The van der Waals surface area contributed by atoms with E-state index in [-0.39, 0.29) is 12.3 Å². The Morgan fingerprint density at radius 1 is 1.17 bits per heavy atom. The molecule has 0 aliphatic heterocycles. The zero-order valence-corrected chi connectivity index (χ0v) is 17.7. The Kier molecular flexibility index (Phi) is 5.37. The lowest BCUT2D eigenvalue weighted by Crippen LogP contribution is -2.21. The minimum absolute atomic E-state index is 0.123. The molecular formula is C22H21ClN6O. The van der Waals surface area contributed by atoms with Gasteiger partial charge in [0.2, 0.25) is 5.91 Å². The van der Waals surface area contributed by atoms with Gasteiger partial charge in [-0.2, -0.15) is 10.2 Å². The van der Waals surface area contributed by atoms with Gasteiger partial charge < -0.3 is 4.57 Å². The van der Waals surface area contributed by atoms with Gasteiger partial charge in [0.25, 0.3) is 0 Å².